The van der Waals surface area contributed by atoms with Gasteiger partial charge in [-0.15, -0.1) is 0 Å². The molecule has 0 aliphatic heterocycles. The average molecular weight is 232 g/mol. The van der Waals surface area contributed by atoms with Crippen LogP contribution >= 0.6 is 11.8 Å². The first-order valence-corrected chi connectivity index (χ1v) is 5.84. The van der Waals surface area contributed by atoms with Gasteiger partial charge in [0.2, 0.25) is 0 Å². The number of imidazole rings is 1. The molecule has 5 heteroatoms. The summed E-state index contributed by atoms with van der Waals surface area (Å²) in [5, 5.41) is 0.396. The Labute approximate surface area is 92.2 Å². The normalized spacial score (nSPS) is 12.5. The SMILES string of the molecule is CC(Cc1ncc[nH]1)SCCC=C(F)F. The van der Waals surface area contributed by atoms with Crippen molar-refractivity contribution in [3.05, 3.63) is 30.4 Å². The summed E-state index contributed by atoms with van der Waals surface area (Å²) in [7, 11) is 0. The van der Waals surface area contributed by atoms with E-state index in [0.717, 1.165) is 24.1 Å². The zero-order valence-electron chi connectivity index (χ0n) is 8.54. The van der Waals surface area contributed by atoms with E-state index in [1.54, 1.807) is 24.2 Å². The third-order valence-corrected chi connectivity index (χ3v) is 3.06. The van der Waals surface area contributed by atoms with Crippen LogP contribution in [0.5, 0.6) is 0 Å². The van der Waals surface area contributed by atoms with Gasteiger partial charge in [-0.3, -0.25) is 0 Å². The summed E-state index contributed by atoms with van der Waals surface area (Å²) in [4.78, 5) is 7.13. The lowest BCUT2D eigenvalue weighted by Gasteiger charge is -2.07. The molecule has 15 heavy (non-hydrogen) atoms. The lowest BCUT2D eigenvalue weighted by molar-refractivity contribution is 0.418. The van der Waals surface area contributed by atoms with Crippen molar-refractivity contribution in [2.45, 2.75) is 25.0 Å². The molecule has 0 aliphatic rings. The minimum absolute atomic E-state index is 0.396. The van der Waals surface area contributed by atoms with Crippen molar-refractivity contribution in [3.8, 4) is 0 Å². The van der Waals surface area contributed by atoms with Crippen molar-refractivity contribution in [1.82, 2.24) is 9.97 Å². The number of halogens is 2. The first-order valence-electron chi connectivity index (χ1n) is 4.79. The highest BCUT2D eigenvalue weighted by atomic mass is 32.2. The third-order valence-electron chi connectivity index (χ3n) is 1.85. The first-order chi connectivity index (χ1) is 7.18. The number of thioether (sulfide) groups is 1. The molecule has 1 rings (SSSR count). The summed E-state index contributed by atoms with van der Waals surface area (Å²) in [5.41, 5.74) is 0. The van der Waals surface area contributed by atoms with Gasteiger partial charge in [0, 0.05) is 24.1 Å². The molecule has 0 saturated carbocycles. The maximum absolute atomic E-state index is 11.7. The highest BCUT2D eigenvalue weighted by Gasteiger charge is 2.05. The fraction of sp³-hybridized carbons (Fsp3) is 0.500. The number of nitrogens with zero attached hydrogens (tertiary/aromatic N) is 1. The monoisotopic (exact) mass is 232 g/mol. The molecule has 0 bridgehead atoms. The Hall–Kier alpha value is -0.840. The fourth-order valence-corrected chi connectivity index (χ4v) is 2.11. The molecular formula is C10H14F2N2S. The Morgan fingerprint density at radius 1 is 1.67 bits per heavy atom. The number of rotatable bonds is 6. The van der Waals surface area contributed by atoms with Crippen LogP contribution in [0.1, 0.15) is 19.2 Å². The van der Waals surface area contributed by atoms with Gasteiger partial charge in [0.15, 0.2) is 0 Å². The molecule has 0 saturated heterocycles. The highest BCUT2D eigenvalue weighted by Crippen LogP contribution is 2.16. The summed E-state index contributed by atoms with van der Waals surface area (Å²) in [5.74, 6) is 1.67. The molecule has 0 fully saturated rings. The second kappa shape index (κ2) is 6.61. The van der Waals surface area contributed by atoms with E-state index >= 15 is 0 Å². The van der Waals surface area contributed by atoms with E-state index < -0.39 is 6.08 Å². The fourth-order valence-electron chi connectivity index (χ4n) is 1.18. The van der Waals surface area contributed by atoms with Gasteiger partial charge in [-0.25, -0.2) is 4.98 Å². The zero-order chi connectivity index (χ0) is 11.1. The summed E-state index contributed by atoms with van der Waals surface area (Å²) in [6, 6.07) is 0. The average Bonchev–Trinajstić information content (AvgIpc) is 2.64. The highest BCUT2D eigenvalue weighted by molar-refractivity contribution is 7.99. The summed E-state index contributed by atoms with van der Waals surface area (Å²) >= 11 is 1.68. The van der Waals surface area contributed by atoms with Crippen LogP contribution in [0.4, 0.5) is 8.78 Å². The summed E-state index contributed by atoms with van der Waals surface area (Å²) in [6.07, 6.45) is 4.15. The van der Waals surface area contributed by atoms with Crippen molar-refractivity contribution >= 4 is 11.8 Å². The minimum Gasteiger partial charge on any atom is -0.349 e. The molecule has 2 nitrogen and oxygen atoms in total. The number of nitrogens with one attached hydrogen (secondary N) is 1. The van der Waals surface area contributed by atoms with Gasteiger partial charge < -0.3 is 4.98 Å². The van der Waals surface area contributed by atoms with Crippen LogP contribution in [0.3, 0.4) is 0 Å². The van der Waals surface area contributed by atoms with Gasteiger partial charge >= 0.3 is 0 Å². The zero-order valence-corrected chi connectivity index (χ0v) is 9.36. The Morgan fingerprint density at radius 2 is 2.47 bits per heavy atom. The number of allylic oxidation sites excluding steroid dienone is 1. The smallest absolute Gasteiger partial charge is 0.266 e. The quantitative estimate of drug-likeness (QED) is 0.763. The van der Waals surface area contributed by atoms with Crippen molar-refractivity contribution in [1.29, 1.82) is 0 Å². The Bertz CT molecular complexity index is 294. The van der Waals surface area contributed by atoms with Crippen molar-refractivity contribution < 1.29 is 8.78 Å². The largest absolute Gasteiger partial charge is 0.349 e. The van der Waals surface area contributed by atoms with Gasteiger partial charge in [0.1, 0.15) is 5.82 Å². The van der Waals surface area contributed by atoms with Crippen LogP contribution in [0.15, 0.2) is 24.6 Å². The number of H-pyrrole nitrogens is 1. The molecule has 1 aromatic heterocycles. The van der Waals surface area contributed by atoms with E-state index in [4.69, 9.17) is 0 Å². The molecule has 1 heterocycles. The molecule has 0 spiro atoms. The second-order valence-corrected chi connectivity index (χ2v) is 4.75. The van der Waals surface area contributed by atoms with E-state index in [1.165, 1.54) is 0 Å². The number of aromatic nitrogens is 2. The van der Waals surface area contributed by atoms with E-state index in [-0.39, 0.29) is 0 Å². The molecule has 1 aromatic rings. The molecule has 1 atom stereocenters. The third kappa shape index (κ3) is 5.57. The van der Waals surface area contributed by atoms with Gasteiger partial charge in [0.25, 0.3) is 6.08 Å². The minimum atomic E-state index is -1.59. The maximum Gasteiger partial charge on any atom is 0.266 e. The Balaban J connectivity index is 2.14. The van der Waals surface area contributed by atoms with Crippen LogP contribution in [-0.4, -0.2) is 21.0 Å². The van der Waals surface area contributed by atoms with Gasteiger partial charge in [-0.2, -0.15) is 20.5 Å². The molecule has 0 amide bonds. The lowest BCUT2D eigenvalue weighted by Crippen LogP contribution is -2.03. The molecule has 84 valence electrons. The van der Waals surface area contributed by atoms with Crippen molar-refractivity contribution in [2.24, 2.45) is 0 Å². The number of hydrogen-bond acceptors (Lipinski definition) is 2. The van der Waals surface area contributed by atoms with Crippen LogP contribution < -0.4 is 0 Å². The van der Waals surface area contributed by atoms with Gasteiger partial charge in [-0.05, 0) is 18.2 Å². The van der Waals surface area contributed by atoms with Crippen molar-refractivity contribution in [3.63, 3.8) is 0 Å². The summed E-state index contributed by atoms with van der Waals surface area (Å²) < 4.78 is 23.4. The first kappa shape index (κ1) is 12.2. The van der Waals surface area contributed by atoms with E-state index in [1.807, 2.05) is 0 Å². The molecule has 0 aliphatic carbocycles. The van der Waals surface area contributed by atoms with Crippen LogP contribution in [0, 0.1) is 0 Å². The van der Waals surface area contributed by atoms with Gasteiger partial charge in [0.05, 0.1) is 0 Å². The lowest BCUT2D eigenvalue weighted by atomic mass is 10.3. The van der Waals surface area contributed by atoms with Crippen LogP contribution in [0.2, 0.25) is 0 Å². The molecule has 0 aromatic carbocycles. The predicted molar refractivity (Wildman–Crippen MR) is 59.1 cm³/mol. The molecule has 0 radical (unpaired) electrons. The Kier molecular flexibility index (Phi) is 5.39. The second-order valence-electron chi connectivity index (χ2n) is 3.20. The Morgan fingerprint density at radius 3 is 3.07 bits per heavy atom. The molecular weight excluding hydrogens is 218 g/mol. The van der Waals surface area contributed by atoms with E-state index in [9.17, 15) is 8.78 Å². The predicted octanol–water partition coefficient (Wildman–Crippen LogP) is 3.24. The number of aromatic amines is 1. The standard InChI is InChI=1S/C10H14F2N2S/c1-8(7-10-13-4-5-14-10)15-6-2-3-9(11)12/h3-5,8H,2,6-7H2,1H3,(H,13,14). The van der Waals surface area contributed by atoms with Gasteiger partial charge in [-0.1, -0.05) is 6.92 Å². The van der Waals surface area contributed by atoms with Crippen LogP contribution in [-0.2, 0) is 6.42 Å². The van der Waals surface area contributed by atoms with E-state index in [0.29, 0.717) is 11.7 Å². The molecule has 1 N–H and O–H groups in total. The number of hydrogen-bond donors (Lipinski definition) is 1. The topological polar surface area (TPSA) is 28.7 Å². The van der Waals surface area contributed by atoms with Crippen LogP contribution in [0.25, 0.3) is 0 Å². The maximum atomic E-state index is 11.7. The summed E-state index contributed by atoms with van der Waals surface area (Å²) in [6.45, 7) is 2.07. The van der Waals surface area contributed by atoms with Crippen molar-refractivity contribution in [2.75, 3.05) is 5.75 Å². The van der Waals surface area contributed by atoms with E-state index in [2.05, 4.69) is 16.9 Å². The molecule has 1 unspecified atom stereocenters.